The molecular formula is C19H29ClN5OS+. The van der Waals surface area contributed by atoms with Crippen LogP contribution in [0.1, 0.15) is 31.7 Å². The van der Waals surface area contributed by atoms with Gasteiger partial charge in [0.05, 0.1) is 27.2 Å². The second kappa shape index (κ2) is 10.6. The van der Waals surface area contributed by atoms with Crippen molar-refractivity contribution in [2.45, 2.75) is 32.7 Å². The van der Waals surface area contributed by atoms with Crippen molar-refractivity contribution in [3.63, 3.8) is 0 Å². The Morgan fingerprint density at radius 2 is 2.00 bits per heavy atom. The summed E-state index contributed by atoms with van der Waals surface area (Å²) in [5.74, 6) is 0.870. The number of nitrogens with one attached hydrogen (secondary N) is 2. The van der Waals surface area contributed by atoms with E-state index in [0.29, 0.717) is 25.9 Å². The van der Waals surface area contributed by atoms with E-state index < -0.39 is 0 Å². The van der Waals surface area contributed by atoms with Gasteiger partial charge in [-0.15, -0.1) is 0 Å². The summed E-state index contributed by atoms with van der Waals surface area (Å²) in [4.78, 5) is 20.2. The van der Waals surface area contributed by atoms with Crippen LogP contribution < -0.4 is 15.1 Å². The Morgan fingerprint density at radius 1 is 1.30 bits per heavy atom. The highest BCUT2D eigenvalue weighted by molar-refractivity contribution is 7.09. The molecular weight excluding hydrogens is 382 g/mol. The first-order valence-electron chi connectivity index (χ1n) is 9.24. The van der Waals surface area contributed by atoms with E-state index in [1.54, 1.807) is 0 Å². The Bertz CT molecular complexity index is 717. The number of carbonyl (C=O) groups excluding carboxylic acids is 1. The molecule has 0 atom stereocenters. The fourth-order valence-corrected chi connectivity index (χ4v) is 3.53. The third-order valence-electron chi connectivity index (χ3n) is 4.13. The summed E-state index contributed by atoms with van der Waals surface area (Å²) in [7, 11) is 4.15. The molecule has 0 fully saturated rings. The molecule has 0 bridgehead atoms. The van der Waals surface area contributed by atoms with Crippen LogP contribution in [-0.4, -0.2) is 55.0 Å². The third-order valence-corrected chi connectivity index (χ3v) is 5.17. The van der Waals surface area contributed by atoms with E-state index in [0.717, 1.165) is 28.1 Å². The van der Waals surface area contributed by atoms with Gasteiger partial charge in [0.15, 0.2) is 0 Å². The Kier molecular flexibility index (Phi) is 8.47. The number of halogens is 1. The maximum Gasteiger partial charge on any atom is 0.221 e. The van der Waals surface area contributed by atoms with Gasteiger partial charge in [-0.05, 0) is 31.5 Å². The quantitative estimate of drug-likeness (QED) is 0.625. The van der Waals surface area contributed by atoms with Crippen LogP contribution in [-0.2, 0) is 11.2 Å². The first-order valence-corrected chi connectivity index (χ1v) is 10.4. The first-order chi connectivity index (χ1) is 12.8. The van der Waals surface area contributed by atoms with E-state index in [2.05, 4.69) is 47.5 Å². The van der Waals surface area contributed by atoms with Gasteiger partial charge < -0.3 is 15.1 Å². The molecule has 0 radical (unpaired) electrons. The number of quaternary nitrogens is 1. The number of hydrogen-bond donors (Lipinski definition) is 2. The van der Waals surface area contributed by atoms with Crippen LogP contribution in [0, 0.1) is 0 Å². The molecule has 6 nitrogen and oxygen atoms in total. The maximum atomic E-state index is 12.1. The van der Waals surface area contributed by atoms with Gasteiger partial charge in [-0.1, -0.05) is 23.7 Å². The lowest BCUT2D eigenvalue weighted by Crippen LogP contribution is -3.06. The highest BCUT2D eigenvalue weighted by atomic mass is 35.5. The number of aromatic nitrogens is 2. The minimum atomic E-state index is 0.0767. The van der Waals surface area contributed by atoms with Crippen LogP contribution in [0.4, 0.5) is 5.13 Å². The smallest absolute Gasteiger partial charge is 0.221 e. The first kappa shape index (κ1) is 21.6. The molecule has 0 aliphatic heterocycles. The van der Waals surface area contributed by atoms with Crippen molar-refractivity contribution >= 4 is 34.2 Å². The number of hydrogen-bond acceptors (Lipinski definition) is 5. The van der Waals surface area contributed by atoms with Gasteiger partial charge in [0.2, 0.25) is 11.0 Å². The lowest BCUT2D eigenvalue weighted by molar-refractivity contribution is -0.856. The van der Waals surface area contributed by atoms with Gasteiger partial charge in [-0.3, -0.25) is 4.79 Å². The molecule has 2 rings (SSSR count). The summed E-state index contributed by atoms with van der Waals surface area (Å²) in [6.07, 6.45) is 1.12. The summed E-state index contributed by atoms with van der Waals surface area (Å²) in [6.45, 7) is 6.46. The number of nitrogens with zero attached hydrogens (tertiary/aromatic N) is 3. The van der Waals surface area contributed by atoms with Gasteiger partial charge in [0, 0.05) is 42.0 Å². The van der Waals surface area contributed by atoms with E-state index in [1.165, 1.54) is 16.4 Å². The SMILES string of the molecule is CC(C)N(CCC(=O)NCC[NH+](C)C)c1nc(Cc2ccc(Cl)cc2)ns1. The minimum absolute atomic E-state index is 0.0767. The molecule has 0 aliphatic carbocycles. The van der Waals surface area contributed by atoms with Crippen LogP contribution in [0.25, 0.3) is 0 Å². The van der Waals surface area contributed by atoms with Crippen molar-refractivity contribution in [2.24, 2.45) is 0 Å². The van der Waals surface area contributed by atoms with Crippen molar-refractivity contribution in [1.82, 2.24) is 14.7 Å². The number of benzene rings is 1. The molecule has 0 aliphatic rings. The zero-order valence-electron chi connectivity index (χ0n) is 16.5. The normalized spacial score (nSPS) is 11.2. The van der Waals surface area contributed by atoms with E-state index >= 15 is 0 Å². The van der Waals surface area contributed by atoms with Crippen LogP contribution in [0.15, 0.2) is 24.3 Å². The van der Waals surface area contributed by atoms with E-state index in [-0.39, 0.29) is 11.9 Å². The van der Waals surface area contributed by atoms with Crippen LogP contribution >= 0.6 is 23.1 Å². The number of anilines is 1. The van der Waals surface area contributed by atoms with Crippen LogP contribution in [0.5, 0.6) is 0 Å². The van der Waals surface area contributed by atoms with Crippen LogP contribution in [0.3, 0.4) is 0 Å². The standard InChI is InChI=1S/C19H28ClN5OS/c1-14(2)25(11-9-18(26)21-10-12-24(3)4)19-22-17(23-27-19)13-15-5-7-16(20)8-6-15/h5-8,14H,9-13H2,1-4H3,(H,21,26)/p+1. The molecule has 1 aromatic carbocycles. The molecule has 1 heterocycles. The van der Waals surface area contributed by atoms with Crippen molar-refractivity contribution in [2.75, 3.05) is 38.6 Å². The van der Waals surface area contributed by atoms with Crippen molar-refractivity contribution in [3.05, 3.63) is 40.7 Å². The van der Waals surface area contributed by atoms with Crippen molar-refractivity contribution in [3.8, 4) is 0 Å². The molecule has 0 saturated heterocycles. The number of carbonyl (C=O) groups is 1. The van der Waals surface area contributed by atoms with E-state index in [1.807, 2.05) is 24.3 Å². The molecule has 2 N–H and O–H groups in total. The van der Waals surface area contributed by atoms with Crippen molar-refractivity contribution < 1.29 is 9.69 Å². The average molecular weight is 411 g/mol. The van der Waals surface area contributed by atoms with Gasteiger partial charge in [-0.25, -0.2) is 4.98 Å². The van der Waals surface area contributed by atoms with Gasteiger partial charge in [-0.2, -0.15) is 4.37 Å². The Morgan fingerprint density at radius 3 is 2.63 bits per heavy atom. The molecule has 1 aromatic heterocycles. The lowest BCUT2D eigenvalue weighted by Gasteiger charge is -2.25. The molecule has 0 unspecified atom stereocenters. The molecule has 0 saturated carbocycles. The summed E-state index contributed by atoms with van der Waals surface area (Å²) in [6, 6.07) is 7.98. The Labute approximate surface area is 170 Å². The molecule has 1 amide bonds. The van der Waals surface area contributed by atoms with Crippen molar-refractivity contribution in [1.29, 1.82) is 0 Å². The lowest BCUT2D eigenvalue weighted by atomic mass is 10.1. The molecule has 27 heavy (non-hydrogen) atoms. The zero-order chi connectivity index (χ0) is 19.8. The largest absolute Gasteiger partial charge is 0.350 e. The van der Waals surface area contributed by atoms with E-state index in [4.69, 9.17) is 11.6 Å². The van der Waals surface area contributed by atoms with Crippen LogP contribution in [0.2, 0.25) is 5.02 Å². The molecule has 8 heteroatoms. The second-order valence-corrected chi connectivity index (χ2v) is 8.31. The summed E-state index contributed by atoms with van der Waals surface area (Å²) >= 11 is 7.32. The Hall–Kier alpha value is -1.70. The summed E-state index contributed by atoms with van der Waals surface area (Å²) in [5, 5.41) is 4.56. The third kappa shape index (κ3) is 7.44. The number of rotatable bonds is 10. The average Bonchev–Trinajstić information content (AvgIpc) is 3.04. The Balaban J connectivity index is 1.91. The highest BCUT2D eigenvalue weighted by Gasteiger charge is 2.17. The highest BCUT2D eigenvalue weighted by Crippen LogP contribution is 2.22. The molecule has 148 valence electrons. The molecule has 0 spiro atoms. The van der Waals surface area contributed by atoms with Gasteiger partial charge in [0.1, 0.15) is 5.82 Å². The fourth-order valence-electron chi connectivity index (χ4n) is 2.56. The number of amides is 1. The zero-order valence-corrected chi connectivity index (χ0v) is 18.0. The monoisotopic (exact) mass is 410 g/mol. The molecule has 2 aromatic rings. The maximum absolute atomic E-state index is 12.1. The minimum Gasteiger partial charge on any atom is -0.350 e. The van der Waals surface area contributed by atoms with Gasteiger partial charge in [0.25, 0.3) is 0 Å². The van der Waals surface area contributed by atoms with Gasteiger partial charge >= 0.3 is 0 Å². The second-order valence-electron chi connectivity index (χ2n) is 7.14. The predicted octanol–water partition coefficient (Wildman–Crippen LogP) is 1.65. The van der Waals surface area contributed by atoms with E-state index in [9.17, 15) is 4.79 Å². The summed E-state index contributed by atoms with van der Waals surface area (Å²) in [5.41, 5.74) is 1.13. The number of likely N-dealkylation sites (N-methyl/N-ethyl adjacent to an activating group) is 1. The predicted molar refractivity (Wildman–Crippen MR) is 112 cm³/mol. The topological polar surface area (TPSA) is 62.6 Å². The fraction of sp³-hybridized carbons (Fsp3) is 0.526. The summed E-state index contributed by atoms with van der Waals surface area (Å²) < 4.78 is 4.49.